The maximum absolute atomic E-state index is 6.02. The summed E-state index contributed by atoms with van der Waals surface area (Å²) in [5, 5.41) is 4.05. The summed E-state index contributed by atoms with van der Waals surface area (Å²) in [6.45, 7) is 0.756. The van der Waals surface area contributed by atoms with Crippen LogP contribution in [-0.4, -0.2) is 21.2 Å². The van der Waals surface area contributed by atoms with E-state index in [0.717, 1.165) is 30.2 Å². The molecule has 0 saturated heterocycles. The second-order valence-corrected chi connectivity index (χ2v) is 6.17. The Morgan fingerprint density at radius 3 is 2.85 bits per heavy atom. The number of benzene rings is 1. The second-order valence-electron chi connectivity index (χ2n) is 4.48. The summed E-state index contributed by atoms with van der Waals surface area (Å²) in [5.41, 5.74) is 8.33. The predicted molar refractivity (Wildman–Crippen MR) is 85.6 cm³/mol. The first-order valence-electron chi connectivity index (χ1n) is 6.56. The Hall–Kier alpha value is -1.01. The molecule has 1 aromatic heterocycles. The SMILES string of the molecule is NC(NCc1ccc(Cl)cc1)SCCCc1cnc[nH]1. The van der Waals surface area contributed by atoms with Gasteiger partial charge in [-0.1, -0.05) is 23.7 Å². The first-order valence-corrected chi connectivity index (χ1v) is 7.99. The predicted octanol–water partition coefficient (Wildman–Crippen LogP) is 2.76. The smallest absolute Gasteiger partial charge is 0.103 e. The van der Waals surface area contributed by atoms with Crippen molar-refractivity contribution in [3.8, 4) is 0 Å². The Bertz CT molecular complexity index is 486. The summed E-state index contributed by atoms with van der Waals surface area (Å²) in [6, 6.07) is 7.79. The topological polar surface area (TPSA) is 66.7 Å². The molecule has 1 unspecified atom stereocenters. The van der Waals surface area contributed by atoms with Crippen molar-refractivity contribution < 1.29 is 0 Å². The maximum Gasteiger partial charge on any atom is 0.103 e. The van der Waals surface area contributed by atoms with Crippen molar-refractivity contribution in [1.82, 2.24) is 15.3 Å². The lowest BCUT2D eigenvalue weighted by atomic mass is 10.2. The molecule has 1 aromatic carbocycles. The molecule has 0 aliphatic carbocycles. The van der Waals surface area contributed by atoms with Gasteiger partial charge in [-0.05, 0) is 36.3 Å². The van der Waals surface area contributed by atoms with Crippen molar-refractivity contribution in [2.45, 2.75) is 24.9 Å². The Morgan fingerprint density at radius 2 is 2.15 bits per heavy atom. The molecular weight excluding hydrogens is 292 g/mol. The van der Waals surface area contributed by atoms with Gasteiger partial charge in [0.1, 0.15) is 5.50 Å². The summed E-state index contributed by atoms with van der Waals surface area (Å²) in [4.78, 5) is 7.09. The van der Waals surface area contributed by atoms with Crippen LogP contribution in [0.5, 0.6) is 0 Å². The molecule has 0 bridgehead atoms. The summed E-state index contributed by atoms with van der Waals surface area (Å²) in [6.07, 6.45) is 5.67. The number of hydrogen-bond acceptors (Lipinski definition) is 4. The molecule has 4 N–H and O–H groups in total. The lowest BCUT2D eigenvalue weighted by Gasteiger charge is -2.13. The number of hydrogen-bond donors (Lipinski definition) is 3. The van der Waals surface area contributed by atoms with Gasteiger partial charge in [0.25, 0.3) is 0 Å². The molecule has 1 heterocycles. The van der Waals surface area contributed by atoms with E-state index in [4.69, 9.17) is 17.3 Å². The van der Waals surface area contributed by atoms with Crippen molar-refractivity contribution in [3.05, 3.63) is 53.1 Å². The molecule has 0 aliphatic rings. The number of nitrogens with one attached hydrogen (secondary N) is 2. The van der Waals surface area contributed by atoms with Gasteiger partial charge < -0.3 is 10.7 Å². The maximum atomic E-state index is 6.02. The number of aryl methyl sites for hydroxylation is 1. The zero-order valence-electron chi connectivity index (χ0n) is 11.2. The highest BCUT2D eigenvalue weighted by Crippen LogP contribution is 2.11. The van der Waals surface area contributed by atoms with Crippen LogP contribution in [0.2, 0.25) is 5.02 Å². The Kier molecular flexibility index (Phi) is 6.39. The van der Waals surface area contributed by atoms with Crippen molar-refractivity contribution >= 4 is 23.4 Å². The van der Waals surface area contributed by atoms with Crippen molar-refractivity contribution in [1.29, 1.82) is 0 Å². The highest BCUT2D eigenvalue weighted by molar-refractivity contribution is 7.99. The number of H-pyrrole nitrogens is 1. The van der Waals surface area contributed by atoms with Gasteiger partial charge in [-0.15, -0.1) is 11.8 Å². The van der Waals surface area contributed by atoms with Gasteiger partial charge in [-0.25, -0.2) is 4.98 Å². The van der Waals surface area contributed by atoms with E-state index < -0.39 is 0 Å². The minimum Gasteiger partial charge on any atom is -0.348 e. The Morgan fingerprint density at radius 1 is 1.35 bits per heavy atom. The third kappa shape index (κ3) is 5.54. The van der Waals surface area contributed by atoms with Crippen LogP contribution >= 0.6 is 23.4 Å². The molecule has 20 heavy (non-hydrogen) atoms. The molecule has 2 aromatic rings. The minimum atomic E-state index is -0.0487. The van der Waals surface area contributed by atoms with E-state index in [9.17, 15) is 0 Å². The molecule has 0 saturated carbocycles. The third-order valence-corrected chi connectivity index (χ3v) is 4.17. The Labute approximate surface area is 128 Å². The molecule has 0 amide bonds. The van der Waals surface area contributed by atoms with Crippen LogP contribution in [0.1, 0.15) is 17.7 Å². The van der Waals surface area contributed by atoms with E-state index in [2.05, 4.69) is 15.3 Å². The van der Waals surface area contributed by atoms with Gasteiger partial charge in [0.2, 0.25) is 0 Å². The fraction of sp³-hybridized carbons (Fsp3) is 0.357. The summed E-state index contributed by atoms with van der Waals surface area (Å²) >= 11 is 7.57. The zero-order chi connectivity index (χ0) is 14.2. The first kappa shape index (κ1) is 15.4. The summed E-state index contributed by atoms with van der Waals surface area (Å²) < 4.78 is 0. The molecule has 108 valence electrons. The van der Waals surface area contributed by atoms with E-state index in [-0.39, 0.29) is 5.50 Å². The largest absolute Gasteiger partial charge is 0.348 e. The number of halogens is 1. The van der Waals surface area contributed by atoms with Gasteiger partial charge in [0, 0.05) is 23.5 Å². The number of imidazole rings is 1. The average molecular weight is 311 g/mol. The van der Waals surface area contributed by atoms with Gasteiger partial charge in [-0.2, -0.15) is 0 Å². The van der Waals surface area contributed by atoms with E-state index >= 15 is 0 Å². The summed E-state index contributed by atoms with van der Waals surface area (Å²) in [5.74, 6) is 1.02. The quantitative estimate of drug-likeness (QED) is 0.518. The monoisotopic (exact) mass is 310 g/mol. The lowest BCUT2D eigenvalue weighted by molar-refractivity contribution is 0.667. The van der Waals surface area contributed by atoms with Gasteiger partial charge >= 0.3 is 0 Å². The molecule has 0 fully saturated rings. The third-order valence-electron chi connectivity index (χ3n) is 2.86. The van der Waals surface area contributed by atoms with Crippen LogP contribution in [0.4, 0.5) is 0 Å². The number of aromatic nitrogens is 2. The molecule has 1 atom stereocenters. The van der Waals surface area contributed by atoms with Gasteiger partial charge in [0.05, 0.1) is 6.33 Å². The first-order chi connectivity index (χ1) is 9.74. The lowest BCUT2D eigenvalue weighted by Crippen LogP contribution is -2.34. The number of nitrogens with zero attached hydrogens (tertiary/aromatic N) is 1. The molecular formula is C14H19ClN4S. The highest BCUT2D eigenvalue weighted by Gasteiger charge is 2.03. The van der Waals surface area contributed by atoms with E-state index in [1.807, 2.05) is 30.5 Å². The van der Waals surface area contributed by atoms with Crippen molar-refractivity contribution in [3.63, 3.8) is 0 Å². The average Bonchev–Trinajstić information content (AvgIpc) is 2.96. The molecule has 4 nitrogen and oxygen atoms in total. The number of rotatable bonds is 8. The number of aromatic amines is 1. The van der Waals surface area contributed by atoms with E-state index in [1.54, 1.807) is 18.1 Å². The van der Waals surface area contributed by atoms with Crippen LogP contribution in [0.25, 0.3) is 0 Å². The fourth-order valence-electron chi connectivity index (χ4n) is 1.77. The zero-order valence-corrected chi connectivity index (χ0v) is 12.8. The van der Waals surface area contributed by atoms with Crippen LogP contribution in [0.15, 0.2) is 36.8 Å². The minimum absolute atomic E-state index is 0.0487. The highest BCUT2D eigenvalue weighted by atomic mass is 35.5. The Balaban J connectivity index is 1.58. The van der Waals surface area contributed by atoms with E-state index in [1.165, 1.54) is 11.3 Å². The summed E-state index contributed by atoms with van der Waals surface area (Å²) in [7, 11) is 0. The van der Waals surface area contributed by atoms with Gasteiger partial charge in [0.15, 0.2) is 0 Å². The molecule has 0 radical (unpaired) electrons. The standard InChI is InChI=1S/C14H19ClN4S/c15-12-5-3-11(4-6-12)8-18-14(16)20-7-1-2-13-9-17-10-19-13/h3-6,9-10,14,18H,1-2,7-8,16H2,(H,17,19). The molecule has 0 aliphatic heterocycles. The van der Waals surface area contributed by atoms with E-state index in [0.29, 0.717) is 0 Å². The van der Waals surface area contributed by atoms with Crippen LogP contribution < -0.4 is 11.1 Å². The normalized spacial score (nSPS) is 12.5. The molecule has 0 spiro atoms. The van der Waals surface area contributed by atoms with Crippen molar-refractivity contribution in [2.75, 3.05) is 5.75 Å². The van der Waals surface area contributed by atoms with Gasteiger partial charge in [-0.3, -0.25) is 5.32 Å². The molecule has 2 rings (SSSR count). The van der Waals surface area contributed by atoms with Crippen molar-refractivity contribution in [2.24, 2.45) is 5.73 Å². The number of nitrogens with two attached hydrogens (primary N) is 1. The fourth-order valence-corrected chi connectivity index (χ4v) is 2.67. The molecule has 6 heteroatoms. The van der Waals surface area contributed by atoms with Crippen LogP contribution in [0.3, 0.4) is 0 Å². The van der Waals surface area contributed by atoms with Crippen LogP contribution in [-0.2, 0) is 13.0 Å². The second kappa shape index (κ2) is 8.32. The van der Waals surface area contributed by atoms with Crippen LogP contribution in [0, 0.1) is 0 Å². The number of thioether (sulfide) groups is 1.